The minimum atomic E-state index is 0. The Morgan fingerprint density at radius 3 is 2.36 bits per heavy atom. The van der Waals surface area contributed by atoms with Gasteiger partial charge >= 0.3 is 0 Å². The van der Waals surface area contributed by atoms with Crippen LogP contribution in [0.25, 0.3) is 0 Å². The van der Waals surface area contributed by atoms with Gasteiger partial charge in [-0.25, -0.2) is 0 Å². The van der Waals surface area contributed by atoms with Crippen LogP contribution in [-0.4, -0.2) is 31.1 Å². The summed E-state index contributed by atoms with van der Waals surface area (Å²) in [6, 6.07) is 0.392. The summed E-state index contributed by atoms with van der Waals surface area (Å²) in [4.78, 5) is 2.35. The molecule has 1 fully saturated rings. The molecule has 11 heavy (non-hydrogen) atoms. The third-order valence-electron chi connectivity index (χ3n) is 2.50. The van der Waals surface area contributed by atoms with Crippen molar-refractivity contribution < 1.29 is 0 Å². The number of rotatable bonds is 0. The second-order valence-corrected chi connectivity index (χ2v) is 4.12. The molecular formula is C8H19ClN2. The summed E-state index contributed by atoms with van der Waals surface area (Å²) in [5.41, 5.74) is 6.26. The molecule has 1 atom stereocenters. The van der Waals surface area contributed by atoms with E-state index in [-0.39, 0.29) is 12.4 Å². The Morgan fingerprint density at radius 2 is 2.00 bits per heavy atom. The van der Waals surface area contributed by atoms with E-state index in [1.54, 1.807) is 0 Å². The SMILES string of the molecule is CN1CCC(N)C(C)(C)C1.Cl. The van der Waals surface area contributed by atoms with Gasteiger partial charge in [0, 0.05) is 12.6 Å². The quantitative estimate of drug-likeness (QED) is 0.602. The Balaban J connectivity index is 0.000001000. The van der Waals surface area contributed by atoms with E-state index in [1.807, 2.05) is 0 Å². The summed E-state index contributed by atoms with van der Waals surface area (Å²) in [6.07, 6.45) is 1.14. The van der Waals surface area contributed by atoms with E-state index in [9.17, 15) is 0 Å². The van der Waals surface area contributed by atoms with Crippen LogP contribution in [-0.2, 0) is 0 Å². The van der Waals surface area contributed by atoms with Crippen molar-refractivity contribution in [1.82, 2.24) is 4.90 Å². The van der Waals surface area contributed by atoms with Crippen molar-refractivity contribution in [3.8, 4) is 0 Å². The third-order valence-corrected chi connectivity index (χ3v) is 2.50. The second kappa shape index (κ2) is 3.74. The molecular weight excluding hydrogens is 160 g/mol. The van der Waals surface area contributed by atoms with Crippen LogP contribution >= 0.6 is 12.4 Å². The summed E-state index contributed by atoms with van der Waals surface area (Å²) < 4.78 is 0. The minimum Gasteiger partial charge on any atom is -0.327 e. The summed E-state index contributed by atoms with van der Waals surface area (Å²) >= 11 is 0. The molecule has 2 N–H and O–H groups in total. The van der Waals surface area contributed by atoms with Crippen LogP contribution in [0.1, 0.15) is 20.3 Å². The van der Waals surface area contributed by atoms with Crippen molar-refractivity contribution in [3.63, 3.8) is 0 Å². The van der Waals surface area contributed by atoms with Crippen molar-refractivity contribution in [2.24, 2.45) is 11.1 Å². The Labute approximate surface area is 75.5 Å². The molecule has 3 heteroatoms. The molecule has 0 amide bonds. The lowest BCUT2D eigenvalue weighted by molar-refractivity contribution is 0.117. The van der Waals surface area contributed by atoms with Crippen molar-refractivity contribution in [1.29, 1.82) is 0 Å². The largest absolute Gasteiger partial charge is 0.327 e. The molecule has 1 aliphatic heterocycles. The molecule has 0 radical (unpaired) electrons. The Hall–Kier alpha value is 0.210. The van der Waals surface area contributed by atoms with Gasteiger partial charge in [0.05, 0.1) is 0 Å². The van der Waals surface area contributed by atoms with Crippen molar-refractivity contribution >= 4 is 12.4 Å². The van der Waals surface area contributed by atoms with Crippen LogP contribution in [0.15, 0.2) is 0 Å². The molecule has 68 valence electrons. The predicted octanol–water partition coefficient (Wildman–Crippen LogP) is 1.10. The average Bonchev–Trinajstić information content (AvgIpc) is 1.78. The van der Waals surface area contributed by atoms with Crippen molar-refractivity contribution in [2.75, 3.05) is 20.1 Å². The highest BCUT2D eigenvalue weighted by Gasteiger charge is 2.31. The van der Waals surface area contributed by atoms with E-state index < -0.39 is 0 Å². The number of halogens is 1. The molecule has 0 aromatic heterocycles. The molecule has 1 rings (SSSR count). The fourth-order valence-electron chi connectivity index (χ4n) is 1.64. The first-order valence-corrected chi connectivity index (χ1v) is 3.96. The number of hydrogen-bond acceptors (Lipinski definition) is 2. The second-order valence-electron chi connectivity index (χ2n) is 4.12. The van der Waals surface area contributed by atoms with E-state index in [1.165, 1.54) is 0 Å². The fraction of sp³-hybridized carbons (Fsp3) is 1.00. The van der Waals surface area contributed by atoms with Gasteiger partial charge in [0.2, 0.25) is 0 Å². The first-order valence-electron chi connectivity index (χ1n) is 3.96. The summed E-state index contributed by atoms with van der Waals surface area (Å²) in [7, 11) is 2.16. The Kier molecular flexibility index (Phi) is 3.82. The minimum absolute atomic E-state index is 0. The lowest BCUT2D eigenvalue weighted by atomic mass is 9.80. The van der Waals surface area contributed by atoms with Crippen molar-refractivity contribution in [3.05, 3.63) is 0 Å². The van der Waals surface area contributed by atoms with E-state index in [0.29, 0.717) is 11.5 Å². The summed E-state index contributed by atoms with van der Waals surface area (Å²) in [6.45, 7) is 6.78. The molecule has 0 spiro atoms. The molecule has 1 unspecified atom stereocenters. The van der Waals surface area contributed by atoms with E-state index in [2.05, 4.69) is 25.8 Å². The van der Waals surface area contributed by atoms with Gasteiger partial charge in [-0.15, -0.1) is 12.4 Å². The molecule has 0 aromatic rings. The van der Waals surface area contributed by atoms with Crippen LogP contribution in [0.2, 0.25) is 0 Å². The lowest BCUT2D eigenvalue weighted by Gasteiger charge is -2.40. The topological polar surface area (TPSA) is 29.3 Å². The molecule has 0 bridgehead atoms. The fourth-order valence-corrected chi connectivity index (χ4v) is 1.64. The zero-order valence-electron chi connectivity index (χ0n) is 7.63. The van der Waals surface area contributed by atoms with Crippen LogP contribution < -0.4 is 5.73 Å². The van der Waals surface area contributed by atoms with Gasteiger partial charge in [-0.1, -0.05) is 13.8 Å². The standard InChI is InChI=1S/C8H18N2.ClH/c1-8(2)6-10(3)5-4-7(8)9;/h7H,4-6,9H2,1-3H3;1H. The first-order chi connectivity index (χ1) is 4.52. The van der Waals surface area contributed by atoms with E-state index >= 15 is 0 Å². The zero-order chi connectivity index (χ0) is 7.78. The lowest BCUT2D eigenvalue weighted by Crippen LogP contribution is -2.51. The molecule has 1 aliphatic rings. The van der Waals surface area contributed by atoms with E-state index in [0.717, 1.165) is 19.5 Å². The van der Waals surface area contributed by atoms with Crippen LogP contribution in [0.4, 0.5) is 0 Å². The number of piperidine rings is 1. The highest BCUT2D eigenvalue weighted by molar-refractivity contribution is 5.85. The maximum absolute atomic E-state index is 5.95. The number of hydrogen-bond donors (Lipinski definition) is 1. The molecule has 1 heterocycles. The van der Waals surface area contributed by atoms with Gasteiger partial charge in [0.25, 0.3) is 0 Å². The van der Waals surface area contributed by atoms with Gasteiger partial charge in [0.1, 0.15) is 0 Å². The molecule has 2 nitrogen and oxygen atoms in total. The van der Waals surface area contributed by atoms with Crippen LogP contribution in [0.5, 0.6) is 0 Å². The smallest absolute Gasteiger partial charge is 0.0115 e. The van der Waals surface area contributed by atoms with Crippen molar-refractivity contribution in [2.45, 2.75) is 26.3 Å². The van der Waals surface area contributed by atoms with Gasteiger partial charge < -0.3 is 10.6 Å². The summed E-state index contributed by atoms with van der Waals surface area (Å²) in [5.74, 6) is 0. The maximum Gasteiger partial charge on any atom is 0.0115 e. The van der Waals surface area contributed by atoms with Gasteiger partial charge in [-0.2, -0.15) is 0 Å². The highest BCUT2D eigenvalue weighted by Crippen LogP contribution is 2.26. The monoisotopic (exact) mass is 178 g/mol. The normalized spacial score (nSPS) is 31.1. The number of nitrogens with two attached hydrogens (primary N) is 1. The van der Waals surface area contributed by atoms with Crippen LogP contribution in [0, 0.1) is 5.41 Å². The molecule has 0 aliphatic carbocycles. The highest BCUT2D eigenvalue weighted by atomic mass is 35.5. The Bertz CT molecular complexity index is 125. The first kappa shape index (κ1) is 11.2. The zero-order valence-corrected chi connectivity index (χ0v) is 8.45. The van der Waals surface area contributed by atoms with Gasteiger partial charge in [0.15, 0.2) is 0 Å². The molecule has 0 saturated carbocycles. The van der Waals surface area contributed by atoms with Gasteiger partial charge in [-0.3, -0.25) is 0 Å². The predicted molar refractivity (Wildman–Crippen MR) is 51.1 cm³/mol. The Morgan fingerprint density at radius 1 is 1.45 bits per heavy atom. The number of likely N-dealkylation sites (tertiary alicyclic amines) is 1. The van der Waals surface area contributed by atoms with Gasteiger partial charge in [-0.05, 0) is 25.4 Å². The average molecular weight is 179 g/mol. The van der Waals surface area contributed by atoms with E-state index in [4.69, 9.17) is 5.73 Å². The van der Waals surface area contributed by atoms with Crippen LogP contribution in [0.3, 0.4) is 0 Å². The summed E-state index contributed by atoms with van der Waals surface area (Å²) in [5, 5.41) is 0. The number of nitrogens with zero attached hydrogens (tertiary/aromatic N) is 1. The molecule has 1 saturated heterocycles. The molecule has 0 aromatic carbocycles. The maximum atomic E-state index is 5.95. The third kappa shape index (κ3) is 2.62.